The Hall–Kier alpha value is -0.360. The summed E-state index contributed by atoms with van der Waals surface area (Å²) in [6.07, 6.45) is 1.94. The zero-order chi connectivity index (χ0) is 13.0. The van der Waals surface area contributed by atoms with E-state index in [-0.39, 0.29) is 24.0 Å². The van der Waals surface area contributed by atoms with Crippen LogP contribution in [0, 0.1) is 11.7 Å². The third kappa shape index (κ3) is 4.60. The second-order valence-electron chi connectivity index (χ2n) is 4.46. The Balaban J connectivity index is 0.00000180. The summed E-state index contributed by atoms with van der Waals surface area (Å²) < 4.78 is 25.3. The average Bonchev–Trinajstić information content (AvgIpc) is 2.38. The van der Waals surface area contributed by atoms with Gasteiger partial charge in [-0.05, 0) is 52.4 Å². The molecule has 0 bridgehead atoms. The second kappa shape index (κ2) is 8.04. The molecule has 1 aliphatic heterocycles. The van der Waals surface area contributed by atoms with Gasteiger partial charge in [-0.3, -0.25) is 0 Å². The van der Waals surface area contributed by atoms with Gasteiger partial charge in [0.15, 0.2) is 11.6 Å². The third-order valence-corrected chi connectivity index (χ3v) is 3.69. The summed E-state index contributed by atoms with van der Waals surface area (Å²) in [7, 11) is 0. The van der Waals surface area contributed by atoms with Crippen molar-refractivity contribution >= 4 is 28.3 Å². The van der Waals surface area contributed by atoms with Gasteiger partial charge >= 0.3 is 0 Å². The van der Waals surface area contributed by atoms with E-state index in [0.29, 0.717) is 23.5 Å². The van der Waals surface area contributed by atoms with E-state index >= 15 is 0 Å². The van der Waals surface area contributed by atoms with Crippen LogP contribution in [-0.2, 0) is 11.3 Å². The van der Waals surface area contributed by atoms with E-state index in [4.69, 9.17) is 15.2 Å². The summed E-state index contributed by atoms with van der Waals surface area (Å²) >= 11 is 3.32. The first-order valence-electron chi connectivity index (χ1n) is 6.09. The van der Waals surface area contributed by atoms with Gasteiger partial charge in [0.2, 0.25) is 0 Å². The average molecular weight is 355 g/mol. The summed E-state index contributed by atoms with van der Waals surface area (Å²) in [4.78, 5) is 0. The lowest BCUT2D eigenvalue weighted by Gasteiger charge is -2.22. The van der Waals surface area contributed by atoms with Crippen molar-refractivity contribution in [2.75, 3.05) is 19.8 Å². The van der Waals surface area contributed by atoms with Crippen LogP contribution in [0.5, 0.6) is 5.75 Å². The minimum atomic E-state index is -0.364. The van der Waals surface area contributed by atoms with Crippen molar-refractivity contribution in [1.29, 1.82) is 0 Å². The van der Waals surface area contributed by atoms with Crippen molar-refractivity contribution in [2.45, 2.75) is 19.4 Å². The van der Waals surface area contributed by atoms with Gasteiger partial charge in [-0.1, -0.05) is 0 Å². The highest BCUT2D eigenvalue weighted by Crippen LogP contribution is 2.30. The largest absolute Gasteiger partial charge is 0.489 e. The Morgan fingerprint density at radius 3 is 2.63 bits per heavy atom. The molecule has 6 heteroatoms. The predicted molar refractivity (Wildman–Crippen MR) is 78.3 cm³/mol. The van der Waals surface area contributed by atoms with E-state index in [9.17, 15) is 4.39 Å². The first kappa shape index (κ1) is 16.7. The first-order valence-corrected chi connectivity index (χ1v) is 6.88. The lowest BCUT2D eigenvalue weighted by Crippen LogP contribution is -2.21. The Morgan fingerprint density at radius 1 is 1.37 bits per heavy atom. The molecule has 0 aliphatic carbocycles. The molecule has 1 saturated heterocycles. The van der Waals surface area contributed by atoms with Crippen molar-refractivity contribution in [3.05, 3.63) is 28.0 Å². The maximum atomic E-state index is 13.8. The van der Waals surface area contributed by atoms with Gasteiger partial charge < -0.3 is 15.2 Å². The fourth-order valence-electron chi connectivity index (χ4n) is 1.98. The fraction of sp³-hybridized carbons (Fsp3) is 0.538. The van der Waals surface area contributed by atoms with E-state index in [1.807, 2.05) is 0 Å². The molecule has 2 rings (SSSR count). The smallest absolute Gasteiger partial charge is 0.169 e. The van der Waals surface area contributed by atoms with Gasteiger partial charge in [0, 0.05) is 19.8 Å². The van der Waals surface area contributed by atoms with Crippen LogP contribution in [0.2, 0.25) is 0 Å². The van der Waals surface area contributed by atoms with E-state index < -0.39 is 0 Å². The van der Waals surface area contributed by atoms with Crippen LogP contribution >= 0.6 is 28.3 Å². The number of nitrogens with two attached hydrogens (primary N) is 1. The summed E-state index contributed by atoms with van der Waals surface area (Å²) in [6, 6.07) is 3.21. The molecule has 108 valence electrons. The van der Waals surface area contributed by atoms with Gasteiger partial charge in [-0.15, -0.1) is 12.4 Å². The van der Waals surface area contributed by atoms with Crippen molar-refractivity contribution in [3.8, 4) is 5.75 Å². The molecule has 1 heterocycles. The molecule has 19 heavy (non-hydrogen) atoms. The molecule has 0 spiro atoms. The minimum absolute atomic E-state index is 0. The standard InChI is InChI=1S/C13H17BrFNO2.ClH/c14-11-5-10(7-16)6-12(15)13(11)18-8-9-1-3-17-4-2-9;/h5-6,9H,1-4,7-8,16H2;1H. The van der Waals surface area contributed by atoms with E-state index in [2.05, 4.69) is 15.9 Å². The highest BCUT2D eigenvalue weighted by Gasteiger charge is 2.17. The van der Waals surface area contributed by atoms with Crippen LogP contribution in [0.25, 0.3) is 0 Å². The highest BCUT2D eigenvalue weighted by atomic mass is 79.9. The van der Waals surface area contributed by atoms with E-state index in [0.717, 1.165) is 31.6 Å². The number of hydrogen-bond donors (Lipinski definition) is 1. The molecule has 3 nitrogen and oxygen atoms in total. The van der Waals surface area contributed by atoms with Crippen LogP contribution in [0.15, 0.2) is 16.6 Å². The highest BCUT2D eigenvalue weighted by molar-refractivity contribution is 9.10. The zero-order valence-corrected chi connectivity index (χ0v) is 12.9. The number of hydrogen-bond acceptors (Lipinski definition) is 3. The maximum Gasteiger partial charge on any atom is 0.169 e. The van der Waals surface area contributed by atoms with E-state index in [1.165, 1.54) is 6.07 Å². The summed E-state index contributed by atoms with van der Waals surface area (Å²) in [6.45, 7) is 2.38. The molecule has 1 aliphatic rings. The molecule has 0 amide bonds. The SMILES string of the molecule is Cl.NCc1cc(F)c(OCC2CCOCC2)c(Br)c1. The molecular weight excluding hydrogens is 337 g/mol. The Bertz CT molecular complexity index is 391. The summed E-state index contributed by atoms with van der Waals surface area (Å²) in [5.41, 5.74) is 6.23. The van der Waals surface area contributed by atoms with Gasteiger partial charge in [0.25, 0.3) is 0 Å². The van der Waals surface area contributed by atoms with Crippen LogP contribution in [-0.4, -0.2) is 19.8 Å². The van der Waals surface area contributed by atoms with Crippen molar-refractivity contribution < 1.29 is 13.9 Å². The molecular formula is C13H18BrClFNO2. The van der Waals surface area contributed by atoms with Crippen molar-refractivity contribution in [1.82, 2.24) is 0 Å². The molecule has 2 N–H and O–H groups in total. The third-order valence-electron chi connectivity index (χ3n) is 3.10. The molecule has 1 fully saturated rings. The van der Waals surface area contributed by atoms with Gasteiger partial charge in [0.05, 0.1) is 11.1 Å². The minimum Gasteiger partial charge on any atom is -0.489 e. The van der Waals surface area contributed by atoms with Crippen molar-refractivity contribution in [2.24, 2.45) is 11.7 Å². The molecule has 1 aromatic rings. The Morgan fingerprint density at radius 2 is 2.05 bits per heavy atom. The number of ether oxygens (including phenoxy) is 2. The molecule has 0 unspecified atom stereocenters. The van der Waals surface area contributed by atoms with Crippen molar-refractivity contribution in [3.63, 3.8) is 0 Å². The monoisotopic (exact) mass is 353 g/mol. The molecule has 0 radical (unpaired) electrons. The molecule has 0 aromatic heterocycles. The number of rotatable bonds is 4. The molecule has 1 aromatic carbocycles. The first-order chi connectivity index (χ1) is 8.70. The fourth-order valence-corrected chi connectivity index (χ4v) is 2.58. The molecule has 0 saturated carbocycles. The summed E-state index contributed by atoms with van der Waals surface area (Å²) in [5, 5.41) is 0. The lowest BCUT2D eigenvalue weighted by atomic mass is 10.0. The van der Waals surface area contributed by atoms with Gasteiger partial charge in [-0.25, -0.2) is 4.39 Å². The van der Waals surface area contributed by atoms with Gasteiger partial charge in [-0.2, -0.15) is 0 Å². The maximum absolute atomic E-state index is 13.8. The number of halogens is 3. The summed E-state index contributed by atoms with van der Waals surface area (Å²) in [5.74, 6) is 0.356. The van der Waals surface area contributed by atoms with Gasteiger partial charge in [0.1, 0.15) is 0 Å². The molecule has 0 atom stereocenters. The predicted octanol–water partition coefficient (Wildman–Crippen LogP) is 3.27. The zero-order valence-electron chi connectivity index (χ0n) is 10.5. The number of benzene rings is 1. The quantitative estimate of drug-likeness (QED) is 0.902. The van der Waals surface area contributed by atoms with Crippen LogP contribution in [0.1, 0.15) is 18.4 Å². The second-order valence-corrected chi connectivity index (χ2v) is 5.31. The lowest BCUT2D eigenvalue weighted by molar-refractivity contribution is 0.0490. The Labute approximate surface area is 127 Å². The van der Waals surface area contributed by atoms with Crippen LogP contribution in [0.4, 0.5) is 4.39 Å². The van der Waals surface area contributed by atoms with Crippen LogP contribution < -0.4 is 10.5 Å². The normalized spacial score (nSPS) is 15.9. The van der Waals surface area contributed by atoms with E-state index in [1.54, 1.807) is 6.07 Å². The van der Waals surface area contributed by atoms with Crippen LogP contribution in [0.3, 0.4) is 0 Å². The Kier molecular flexibility index (Phi) is 7.07. The topological polar surface area (TPSA) is 44.5 Å².